The molecule has 0 saturated carbocycles. The fourth-order valence-corrected chi connectivity index (χ4v) is 4.69. The molecule has 1 atom stereocenters. The Bertz CT molecular complexity index is 1400. The minimum atomic E-state index is -3.61. The molecule has 4 aromatic rings. The lowest BCUT2D eigenvalue weighted by molar-refractivity contribution is 0.200. The largest absolute Gasteiger partial charge is 0.457 e. The Morgan fingerprint density at radius 1 is 1.03 bits per heavy atom. The van der Waals surface area contributed by atoms with Crippen LogP contribution in [0, 0.1) is 5.82 Å². The van der Waals surface area contributed by atoms with Crippen molar-refractivity contribution in [3.8, 4) is 22.8 Å². The van der Waals surface area contributed by atoms with E-state index >= 15 is 0 Å². The molecule has 178 valence electrons. The van der Waals surface area contributed by atoms with E-state index in [1.165, 1.54) is 24.3 Å². The molecule has 0 aliphatic rings. The highest BCUT2D eigenvalue weighted by Crippen LogP contribution is 2.39. The van der Waals surface area contributed by atoms with Crippen molar-refractivity contribution in [1.82, 2.24) is 0 Å². The van der Waals surface area contributed by atoms with Gasteiger partial charge in [-0.25, -0.2) is 12.8 Å². The van der Waals surface area contributed by atoms with Crippen LogP contribution in [0.1, 0.15) is 18.6 Å². The second-order valence-corrected chi connectivity index (χ2v) is 9.75. The average molecular weight is 486 g/mol. The number of aliphatic hydroxyl groups excluding tert-OH is 2. The van der Waals surface area contributed by atoms with Gasteiger partial charge in [-0.3, -0.25) is 4.31 Å². The number of sulfonamides is 1. The number of ether oxygens (including phenoxy) is 1. The standard InChI is InChI=1S/C25H24FNO6S/c1-16(29)24-22-12-7-19(27(13-14-28)34(2,30)31)15-23(22)33-25(24)17-3-8-20(9-4-17)32-21-10-5-18(26)6-11-21/h3-12,15-16,28-29H,13-14H2,1-2H3. The van der Waals surface area contributed by atoms with Crippen LogP contribution in [-0.2, 0) is 10.0 Å². The molecule has 0 aliphatic carbocycles. The summed E-state index contributed by atoms with van der Waals surface area (Å²) < 4.78 is 50.3. The Kier molecular flexibility index (Phi) is 6.60. The predicted molar refractivity (Wildman–Crippen MR) is 128 cm³/mol. The summed E-state index contributed by atoms with van der Waals surface area (Å²) in [5.41, 5.74) is 2.02. The van der Waals surface area contributed by atoms with Crippen LogP contribution < -0.4 is 9.04 Å². The van der Waals surface area contributed by atoms with Gasteiger partial charge >= 0.3 is 0 Å². The number of rotatable bonds is 8. The normalized spacial score (nSPS) is 12.6. The first kappa shape index (κ1) is 23.7. The Morgan fingerprint density at radius 2 is 1.65 bits per heavy atom. The molecule has 4 rings (SSSR count). The van der Waals surface area contributed by atoms with Crippen LogP contribution in [0.3, 0.4) is 0 Å². The summed E-state index contributed by atoms with van der Waals surface area (Å²) in [7, 11) is -3.61. The molecular formula is C25H24FNO6S. The fourth-order valence-electron chi connectivity index (χ4n) is 3.78. The molecule has 1 unspecified atom stereocenters. The zero-order valence-electron chi connectivity index (χ0n) is 18.6. The summed E-state index contributed by atoms with van der Waals surface area (Å²) in [5, 5.41) is 20.4. The van der Waals surface area contributed by atoms with E-state index in [2.05, 4.69) is 0 Å². The molecule has 0 fully saturated rings. The minimum Gasteiger partial charge on any atom is -0.457 e. The minimum absolute atomic E-state index is 0.0866. The highest BCUT2D eigenvalue weighted by molar-refractivity contribution is 7.92. The smallest absolute Gasteiger partial charge is 0.232 e. The molecule has 9 heteroatoms. The van der Waals surface area contributed by atoms with Gasteiger partial charge in [-0.05, 0) is 67.6 Å². The van der Waals surface area contributed by atoms with Crippen LogP contribution in [0.2, 0.25) is 0 Å². The maximum atomic E-state index is 13.1. The monoisotopic (exact) mass is 485 g/mol. The molecule has 3 aromatic carbocycles. The Labute approximate surface area is 196 Å². The lowest BCUT2D eigenvalue weighted by Gasteiger charge is -2.21. The number of hydrogen-bond donors (Lipinski definition) is 2. The number of furan rings is 1. The third kappa shape index (κ3) is 4.91. The summed E-state index contributed by atoms with van der Waals surface area (Å²) in [4.78, 5) is 0. The maximum Gasteiger partial charge on any atom is 0.232 e. The second kappa shape index (κ2) is 9.46. The quantitative estimate of drug-likeness (QED) is 0.370. The van der Waals surface area contributed by atoms with Gasteiger partial charge in [0.25, 0.3) is 0 Å². The summed E-state index contributed by atoms with van der Waals surface area (Å²) in [6.07, 6.45) is 0.220. The molecule has 1 heterocycles. The molecule has 2 N–H and O–H groups in total. The summed E-state index contributed by atoms with van der Waals surface area (Å²) in [6.45, 7) is 1.21. The first-order valence-electron chi connectivity index (χ1n) is 10.5. The molecule has 0 amide bonds. The van der Waals surface area contributed by atoms with E-state index in [9.17, 15) is 23.0 Å². The Hall–Kier alpha value is -3.40. The van der Waals surface area contributed by atoms with Crippen LogP contribution in [0.15, 0.2) is 71.1 Å². The van der Waals surface area contributed by atoms with Crippen LogP contribution in [-0.4, -0.2) is 38.0 Å². The van der Waals surface area contributed by atoms with Crippen LogP contribution in [0.4, 0.5) is 10.1 Å². The van der Waals surface area contributed by atoms with E-state index in [0.717, 1.165) is 10.6 Å². The summed E-state index contributed by atoms with van der Waals surface area (Å²) in [6, 6.07) is 17.6. The van der Waals surface area contributed by atoms with Gasteiger partial charge in [-0.2, -0.15) is 0 Å². The number of fused-ring (bicyclic) bond motifs is 1. The van der Waals surface area contributed by atoms with Gasteiger partial charge in [0.15, 0.2) is 0 Å². The van der Waals surface area contributed by atoms with Crippen LogP contribution >= 0.6 is 0 Å². The van der Waals surface area contributed by atoms with Crippen molar-refractivity contribution in [2.45, 2.75) is 13.0 Å². The molecular weight excluding hydrogens is 461 g/mol. The SMILES string of the molecule is CC(O)c1c(-c2ccc(Oc3ccc(F)cc3)cc2)oc2cc(N(CCO)S(C)(=O)=O)ccc12. The number of benzene rings is 3. The van der Waals surface area contributed by atoms with E-state index in [1.54, 1.807) is 49.4 Å². The van der Waals surface area contributed by atoms with Crippen molar-refractivity contribution in [3.05, 3.63) is 78.1 Å². The molecule has 0 spiro atoms. The Balaban J connectivity index is 1.71. The zero-order valence-corrected chi connectivity index (χ0v) is 19.4. The van der Waals surface area contributed by atoms with Crippen molar-refractivity contribution in [3.63, 3.8) is 0 Å². The van der Waals surface area contributed by atoms with Gasteiger partial charge in [-0.1, -0.05) is 0 Å². The van der Waals surface area contributed by atoms with Gasteiger partial charge in [-0.15, -0.1) is 0 Å². The molecule has 34 heavy (non-hydrogen) atoms. The van der Waals surface area contributed by atoms with E-state index in [1.807, 2.05) is 0 Å². The molecule has 1 aromatic heterocycles. The number of anilines is 1. The fraction of sp³-hybridized carbons (Fsp3) is 0.200. The third-order valence-corrected chi connectivity index (χ3v) is 6.48. The first-order valence-corrected chi connectivity index (χ1v) is 12.4. The van der Waals surface area contributed by atoms with E-state index in [0.29, 0.717) is 45.0 Å². The van der Waals surface area contributed by atoms with E-state index in [4.69, 9.17) is 9.15 Å². The maximum absolute atomic E-state index is 13.1. The van der Waals surface area contributed by atoms with Crippen molar-refractivity contribution >= 4 is 26.7 Å². The number of nitrogens with zero attached hydrogens (tertiary/aromatic N) is 1. The lowest BCUT2D eigenvalue weighted by atomic mass is 10.0. The molecule has 0 radical (unpaired) electrons. The van der Waals surface area contributed by atoms with Gasteiger partial charge in [0.1, 0.15) is 28.7 Å². The van der Waals surface area contributed by atoms with E-state index in [-0.39, 0.29) is 19.0 Å². The Morgan fingerprint density at radius 3 is 2.21 bits per heavy atom. The predicted octanol–water partition coefficient (Wildman–Crippen LogP) is 4.84. The van der Waals surface area contributed by atoms with Crippen molar-refractivity contribution in [1.29, 1.82) is 0 Å². The zero-order chi connectivity index (χ0) is 24.5. The summed E-state index contributed by atoms with van der Waals surface area (Å²) >= 11 is 0. The van der Waals surface area contributed by atoms with Gasteiger partial charge in [0, 0.05) is 22.6 Å². The third-order valence-electron chi connectivity index (χ3n) is 5.29. The van der Waals surface area contributed by atoms with Crippen LogP contribution in [0.25, 0.3) is 22.3 Å². The average Bonchev–Trinajstić information content (AvgIpc) is 3.17. The van der Waals surface area contributed by atoms with Gasteiger partial charge in [0.05, 0.1) is 31.2 Å². The number of halogens is 1. The van der Waals surface area contributed by atoms with Gasteiger partial charge in [0.2, 0.25) is 10.0 Å². The highest BCUT2D eigenvalue weighted by atomic mass is 32.2. The highest BCUT2D eigenvalue weighted by Gasteiger charge is 2.23. The van der Waals surface area contributed by atoms with Crippen molar-refractivity contribution < 1.29 is 32.2 Å². The topological polar surface area (TPSA) is 100 Å². The molecule has 0 bridgehead atoms. The number of aliphatic hydroxyl groups is 2. The molecule has 7 nitrogen and oxygen atoms in total. The van der Waals surface area contributed by atoms with Gasteiger partial charge < -0.3 is 19.4 Å². The van der Waals surface area contributed by atoms with Crippen LogP contribution in [0.5, 0.6) is 11.5 Å². The number of hydrogen-bond acceptors (Lipinski definition) is 6. The molecule has 0 saturated heterocycles. The lowest BCUT2D eigenvalue weighted by Crippen LogP contribution is -2.32. The first-order chi connectivity index (χ1) is 16.2. The second-order valence-electron chi connectivity index (χ2n) is 7.84. The summed E-state index contributed by atoms with van der Waals surface area (Å²) in [5.74, 6) is 1.13. The van der Waals surface area contributed by atoms with Crippen molar-refractivity contribution in [2.24, 2.45) is 0 Å². The van der Waals surface area contributed by atoms with Crippen molar-refractivity contribution in [2.75, 3.05) is 23.7 Å². The molecule has 0 aliphatic heterocycles. The van der Waals surface area contributed by atoms with E-state index < -0.39 is 16.1 Å².